The van der Waals surface area contributed by atoms with E-state index in [0.29, 0.717) is 6.54 Å². The summed E-state index contributed by atoms with van der Waals surface area (Å²) in [7, 11) is 0. The standard InChI is InChI=1S/C7H8IN3O2/c1-5-3-2-4-9-6(12)10(8)7(13)11(5)9/h2-3,5H,4H2,1H3. The van der Waals surface area contributed by atoms with Crippen molar-refractivity contribution in [2.45, 2.75) is 19.5 Å². The molecular formula is C7H8IN3O2. The summed E-state index contributed by atoms with van der Waals surface area (Å²) < 4.78 is 4.01. The fourth-order valence-electron chi connectivity index (χ4n) is 1.47. The Bertz CT molecular complexity index is 479. The molecule has 0 spiro atoms. The molecule has 2 rings (SSSR count). The zero-order valence-corrected chi connectivity index (χ0v) is 9.13. The Morgan fingerprint density at radius 2 is 2.15 bits per heavy atom. The smallest absolute Gasteiger partial charge is 0.245 e. The Balaban J connectivity index is 2.82. The average Bonchev–Trinajstić information content (AvgIpc) is 2.33. The highest BCUT2D eigenvalue weighted by molar-refractivity contribution is 14.1. The Hall–Kier alpha value is -0.790. The second-order valence-corrected chi connectivity index (χ2v) is 3.91. The Morgan fingerprint density at radius 1 is 1.46 bits per heavy atom. The predicted molar refractivity (Wildman–Crippen MR) is 56.2 cm³/mol. The highest BCUT2D eigenvalue weighted by atomic mass is 127. The molecule has 0 bridgehead atoms. The first kappa shape index (κ1) is 8.79. The van der Waals surface area contributed by atoms with Crippen LogP contribution in [0.3, 0.4) is 0 Å². The van der Waals surface area contributed by atoms with Crippen molar-refractivity contribution in [1.82, 2.24) is 12.1 Å². The fourth-order valence-corrected chi connectivity index (χ4v) is 1.94. The number of hydrogen-bond donors (Lipinski definition) is 0. The summed E-state index contributed by atoms with van der Waals surface area (Å²) in [6.07, 6.45) is 3.81. The molecule has 1 aromatic heterocycles. The third-order valence-electron chi connectivity index (χ3n) is 2.09. The predicted octanol–water partition coefficient (Wildman–Crippen LogP) is 0.140. The second-order valence-electron chi connectivity index (χ2n) is 2.94. The van der Waals surface area contributed by atoms with Gasteiger partial charge in [0.25, 0.3) is 0 Å². The van der Waals surface area contributed by atoms with Gasteiger partial charge in [-0.1, -0.05) is 12.2 Å². The number of fused-ring (bicyclic) bond motifs is 1. The lowest BCUT2D eigenvalue weighted by atomic mass is 10.3. The number of hydrogen-bond acceptors (Lipinski definition) is 2. The first-order valence-electron chi connectivity index (χ1n) is 3.90. The van der Waals surface area contributed by atoms with Crippen LogP contribution >= 0.6 is 22.9 Å². The Labute approximate surface area is 87.7 Å². The maximum atomic E-state index is 11.5. The summed E-state index contributed by atoms with van der Waals surface area (Å²) in [5, 5.41) is 0. The quantitative estimate of drug-likeness (QED) is 0.505. The van der Waals surface area contributed by atoms with Gasteiger partial charge in [-0.25, -0.2) is 19.0 Å². The molecule has 70 valence electrons. The zero-order chi connectivity index (χ0) is 9.59. The van der Waals surface area contributed by atoms with E-state index in [4.69, 9.17) is 0 Å². The molecule has 1 unspecified atom stereocenters. The largest absolute Gasteiger partial charge is 0.356 e. The third kappa shape index (κ3) is 1.11. The highest BCUT2D eigenvalue weighted by Gasteiger charge is 2.18. The van der Waals surface area contributed by atoms with Gasteiger partial charge in [-0.05, 0) is 6.92 Å². The van der Waals surface area contributed by atoms with E-state index in [0.717, 1.165) is 2.78 Å². The van der Waals surface area contributed by atoms with Crippen molar-refractivity contribution >= 4 is 22.9 Å². The molecule has 13 heavy (non-hydrogen) atoms. The molecule has 5 nitrogen and oxygen atoms in total. The van der Waals surface area contributed by atoms with Crippen LogP contribution in [0.4, 0.5) is 0 Å². The maximum Gasteiger partial charge on any atom is 0.356 e. The molecule has 1 aliphatic rings. The minimum atomic E-state index is -0.262. The number of halogens is 1. The average molecular weight is 293 g/mol. The molecule has 6 heteroatoms. The number of aromatic nitrogens is 3. The van der Waals surface area contributed by atoms with Crippen molar-refractivity contribution in [3.05, 3.63) is 33.1 Å². The van der Waals surface area contributed by atoms with Gasteiger partial charge in [-0.3, -0.25) is 0 Å². The van der Waals surface area contributed by atoms with Gasteiger partial charge in [0, 0.05) is 0 Å². The lowest BCUT2D eigenvalue weighted by Crippen LogP contribution is -2.30. The molecule has 1 atom stereocenters. The fraction of sp³-hybridized carbons (Fsp3) is 0.429. The monoisotopic (exact) mass is 293 g/mol. The SMILES string of the molecule is CC1C=CCn2c(=O)n(I)c(=O)n21. The van der Waals surface area contributed by atoms with Crippen LogP contribution in [0.1, 0.15) is 13.0 Å². The molecule has 0 radical (unpaired) electrons. The van der Waals surface area contributed by atoms with Crippen LogP contribution in [0, 0.1) is 0 Å². The van der Waals surface area contributed by atoms with E-state index < -0.39 is 0 Å². The molecular weight excluding hydrogens is 285 g/mol. The Kier molecular flexibility index (Phi) is 1.94. The van der Waals surface area contributed by atoms with Crippen LogP contribution in [-0.4, -0.2) is 12.1 Å². The number of rotatable bonds is 0. The molecule has 1 aliphatic heterocycles. The van der Waals surface area contributed by atoms with Gasteiger partial charge < -0.3 is 0 Å². The Morgan fingerprint density at radius 3 is 2.77 bits per heavy atom. The van der Waals surface area contributed by atoms with Gasteiger partial charge >= 0.3 is 11.4 Å². The van der Waals surface area contributed by atoms with E-state index >= 15 is 0 Å². The molecule has 1 aromatic rings. The van der Waals surface area contributed by atoms with Gasteiger partial charge in [0.1, 0.15) is 0 Å². The normalized spacial score (nSPS) is 20.3. The van der Waals surface area contributed by atoms with Crippen molar-refractivity contribution in [1.29, 1.82) is 0 Å². The van der Waals surface area contributed by atoms with Gasteiger partial charge in [0.05, 0.1) is 35.5 Å². The summed E-state index contributed by atoms with van der Waals surface area (Å²) in [4.78, 5) is 23.0. The van der Waals surface area contributed by atoms with E-state index in [-0.39, 0.29) is 17.4 Å². The number of allylic oxidation sites excluding steroid dienone is 2. The van der Waals surface area contributed by atoms with Crippen molar-refractivity contribution in [2.24, 2.45) is 0 Å². The van der Waals surface area contributed by atoms with E-state index in [1.807, 2.05) is 19.1 Å². The minimum Gasteiger partial charge on any atom is -0.245 e. The zero-order valence-electron chi connectivity index (χ0n) is 6.98. The van der Waals surface area contributed by atoms with E-state index in [9.17, 15) is 9.59 Å². The molecule has 0 amide bonds. The molecule has 0 aromatic carbocycles. The van der Waals surface area contributed by atoms with Crippen LogP contribution in [0.15, 0.2) is 21.7 Å². The van der Waals surface area contributed by atoms with E-state index in [1.54, 1.807) is 22.9 Å². The summed E-state index contributed by atoms with van der Waals surface area (Å²) in [6, 6.07) is -0.0371. The number of nitrogens with zero attached hydrogens (tertiary/aromatic N) is 3. The molecule has 0 fully saturated rings. The lowest BCUT2D eigenvalue weighted by molar-refractivity contribution is 0.421. The second kappa shape index (κ2) is 2.86. The van der Waals surface area contributed by atoms with E-state index in [2.05, 4.69) is 0 Å². The van der Waals surface area contributed by atoms with Crippen LogP contribution in [0.25, 0.3) is 0 Å². The van der Waals surface area contributed by atoms with Crippen molar-refractivity contribution in [2.75, 3.05) is 0 Å². The van der Waals surface area contributed by atoms with Crippen LogP contribution in [0.2, 0.25) is 0 Å². The molecule has 0 N–H and O–H groups in total. The molecule has 2 heterocycles. The van der Waals surface area contributed by atoms with Crippen molar-refractivity contribution in [3.63, 3.8) is 0 Å². The third-order valence-corrected chi connectivity index (χ3v) is 2.92. The minimum absolute atomic E-state index is 0.0371. The summed E-state index contributed by atoms with van der Waals surface area (Å²) in [5.74, 6) is 0. The van der Waals surface area contributed by atoms with E-state index in [1.165, 1.54) is 9.36 Å². The first-order chi connectivity index (χ1) is 6.13. The van der Waals surface area contributed by atoms with Crippen molar-refractivity contribution in [3.8, 4) is 0 Å². The summed E-state index contributed by atoms with van der Waals surface area (Å²) in [6.45, 7) is 2.36. The van der Waals surface area contributed by atoms with Gasteiger partial charge in [-0.2, -0.15) is 2.78 Å². The van der Waals surface area contributed by atoms with Gasteiger partial charge in [-0.15, -0.1) is 0 Å². The topological polar surface area (TPSA) is 48.9 Å². The van der Waals surface area contributed by atoms with Crippen LogP contribution in [-0.2, 0) is 6.54 Å². The van der Waals surface area contributed by atoms with Gasteiger partial charge in [0.15, 0.2) is 0 Å². The maximum absolute atomic E-state index is 11.5. The summed E-state index contributed by atoms with van der Waals surface area (Å²) in [5.41, 5.74) is -0.524. The lowest BCUT2D eigenvalue weighted by Gasteiger charge is -2.16. The van der Waals surface area contributed by atoms with Crippen LogP contribution < -0.4 is 11.4 Å². The summed E-state index contributed by atoms with van der Waals surface area (Å²) >= 11 is 1.72. The highest BCUT2D eigenvalue weighted by Crippen LogP contribution is 2.08. The molecule has 0 saturated heterocycles. The molecule has 0 aliphatic carbocycles. The van der Waals surface area contributed by atoms with Gasteiger partial charge in [0.2, 0.25) is 0 Å². The van der Waals surface area contributed by atoms with Crippen LogP contribution in [0.5, 0.6) is 0 Å². The molecule has 0 saturated carbocycles. The van der Waals surface area contributed by atoms with Crippen molar-refractivity contribution < 1.29 is 0 Å². The first-order valence-corrected chi connectivity index (χ1v) is 4.86.